The first-order valence-electron chi connectivity index (χ1n) is 25.9. The third-order valence-corrected chi connectivity index (χ3v) is 13.4. The van der Waals surface area contributed by atoms with Gasteiger partial charge in [-0.25, -0.2) is 0 Å². The van der Waals surface area contributed by atoms with Crippen LogP contribution in [0.5, 0.6) is 23.0 Å². The molecule has 25 nitrogen and oxygen atoms in total. The van der Waals surface area contributed by atoms with Crippen LogP contribution in [0.2, 0.25) is 0 Å². The Morgan fingerprint density at radius 2 is 0.734 bits per heavy atom. The van der Waals surface area contributed by atoms with Crippen molar-refractivity contribution >= 4 is 58.7 Å². The highest BCUT2D eigenvalue weighted by Gasteiger charge is 2.27. The van der Waals surface area contributed by atoms with Crippen LogP contribution in [0.4, 0.5) is 0 Å². The second-order valence-electron chi connectivity index (χ2n) is 18.7. The molecule has 2 unspecified atom stereocenters. The van der Waals surface area contributed by atoms with Crippen molar-refractivity contribution in [3.8, 4) is 23.0 Å². The van der Waals surface area contributed by atoms with E-state index in [2.05, 4.69) is 47.5 Å². The van der Waals surface area contributed by atoms with Crippen LogP contribution in [0.25, 0.3) is 0 Å². The molecule has 0 radical (unpaired) electrons. The van der Waals surface area contributed by atoms with Gasteiger partial charge in [-0.1, -0.05) is 24.3 Å². The molecule has 14 N–H and O–H groups in total. The lowest BCUT2D eigenvalue weighted by atomic mass is 10.0. The molecule has 25 heteroatoms. The number of phenols is 4. The molecular weight excluding hydrogens is 1020 g/mol. The largest absolute Gasteiger partial charge is 0.506 e. The fourth-order valence-corrected chi connectivity index (χ4v) is 9.02. The monoisotopic (exact) mass is 1090 g/mol. The van der Waals surface area contributed by atoms with Crippen LogP contribution in [0, 0.1) is 0 Å². The van der Waals surface area contributed by atoms with E-state index < -0.39 is 76.3 Å². The molecule has 0 fully saturated rings. The van der Waals surface area contributed by atoms with Crippen LogP contribution in [0.3, 0.4) is 0 Å². The normalized spacial score (nSPS) is 20.1. The third-order valence-electron chi connectivity index (χ3n) is 13.4. The number of para-hydroxylation sites is 4. The minimum Gasteiger partial charge on any atom is -0.506 e. The molecule has 12 bridgehead atoms. The Hall–Kier alpha value is -8.94. The SMILES string of the molecule is NCCCCC1NC(=O)c2cccc(c2O)C(=O)NCCN2CCNC(=O)c3cccc(c3O)C(=O)NCC1=NCCN=C1CNC(=O)c3cccc(c3O)C(=O)NCCN(CCNC(=O)c3cccc(c3O)C(=O)NC1)CC2. The van der Waals surface area contributed by atoms with Crippen molar-refractivity contribution in [2.45, 2.75) is 25.3 Å². The average molecular weight is 1090 g/mol. The Bertz CT molecular complexity index is 2930. The molecule has 0 saturated heterocycles. The van der Waals surface area contributed by atoms with Gasteiger partial charge in [-0.3, -0.25) is 58.1 Å². The number of phenolic OH excluding ortho intramolecular Hbond substituents is 4. The standard InChI is InChI=1S/C54H65N13O12/c55-16-2-1-15-41-42-31-64-53(78)39-13-5-9-35(45(39)70)49(74)60-21-25-67(26-22-61-50(75)36-10-6-14-40(46(36)71)54(79)65-41)28-27-66-23-19-58-47(72)33-7-3-11-37(43(33)68)51(76)62-29-32(56-17-18-57-42)30-63-52(77)38-12-4-8-34(44(38)69)48(73)59-20-24-66/h3-14,41,68-71H,1-2,15-31,55H2,(H,58,72)(H,59,73)(H,60,74)(H,61,75)(H,62,76)(H,63,77)(H,64,78)(H,65,79). The molecule has 2 atom stereocenters. The van der Waals surface area contributed by atoms with E-state index in [4.69, 9.17) is 10.7 Å². The van der Waals surface area contributed by atoms with Gasteiger partial charge >= 0.3 is 0 Å². The molecule has 418 valence electrons. The molecule has 4 aromatic carbocycles. The molecule has 0 aromatic heterocycles. The maximum absolute atomic E-state index is 14.2. The number of unbranched alkanes of at least 4 members (excludes halogenated alkanes) is 1. The van der Waals surface area contributed by atoms with Gasteiger partial charge in [0.25, 0.3) is 47.3 Å². The lowest BCUT2D eigenvalue weighted by Crippen LogP contribution is -2.46. The summed E-state index contributed by atoms with van der Waals surface area (Å²) in [5.41, 5.74) is 4.52. The van der Waals surface area contributed by atoms with Crippen molar-refractivity contribution in [1.82, 2.24) is 52.3 Å². The second kappa shape index (κ2) is 27.9. The zero-order valence-electron chi connectivity index (χ0n) is 43.4. The number of nitrogens with two attached hydrogens (primary N) is 1. The van der Waals surface area contributed by atoms with Gasteiger partial charge in [0.05, 0.1) is 94.7 Å². The van der Waals surface area contributed by atoms with Crippen LogP contribution in [0.15, 0.2) is 82.8 Å². The van der Waals surface area contributed by atoms with Crippen LogP contribution in [-0.2, 0) is 0 Å². The number of carbonyl (C=O) groups excluding carboxylic acids is 8. The third kappa shape index (κ3) is 15.2. The predicted molar refractivity (Wildman–Crippen MR) is 290 cm³/mol. The van der Waals surface area contributed by atoms with Crippen LogP contribution in [-0.4, -0.2) is 200 Å². The van der Waals surface area contributed by atoms with Gasteiger partial charge in [0, 0.05) is 65.4 Å². The van der Waals surface area contributed by atoms with Crippen LogP contribution < -0.4 is 48.3 Å². The van der Waals surface area contributed by atoms with Crippen molar-refractivity contribution in [2.24, 2.45) is 15.7 Å². The topological polar surface area (TPSA) is 371 Å². The van der Waals surface area contributed by atoms with Crippen molar-refractivity contribution in [1.29, 1.82) is 0 Å². The van der Waals surface area contributed by atoms with Crippen LogP contribution >= 0.6 is 0 Å². The number of hydrogen-bond donors (Lipinski definition) is 13. The number of fused-ring (bicyclic) bond motifs is 10. The molecule has 0 saturated carbocycles. The van der Waals surface area contributed by atoms with E-state index in [9.17, 15) is 58.8 Å². The minimum absolute atomic E-state index is 0.00242. The fraction of sp³-hybridized carbons (Fsp3) is 0.370. The van der Waals surface area contributed by atoms with Gasteiger partial charge in [-0.2, -0.15) is 0 Å². The Kier molecular flexibility index (Phi) is 20.4. The van der Waals surface area contributed by atoms with Gasteiger partial charge in [0.15, 0.2) is 0 Å². The summed E-state index contributed by atoms with van der Waals surface area (Å²) in [7, 11) is 0. The molecule has 0 aliphatic carbocycles. The van der Waals surface area contributed by atoms with Gasteiger partial charge in [0.2, 0.25) is 0 Å². The summed E-state index contributed by atoms with van der Waals surface area (Å²) in [6.07, 6.45) is 1.18. The highest BCUT2D eigenvalue weighted by Crippen LogP contribution is 2.26. The van der Waals surface area contributed by atoms with Crippen molar-refractivity contribution in [3.63, 3.8) is 0 Å². The van der Waals surface area contributed by atoms with Crippen molar-refractivity contribution in [2.75, 3.05) is 105 Å². The highest BCUT2D eigenvalue weighted by molar-refractivity contribution is 6.09. The van der Waals surface area contributed by atoms with E-state index in [0.29, 0.717) is 19.4 Å². The van der Waals surface area contributed by atoms with Gasteiger partial charge in [-0.15, -0.1) is 0 Å². The maximum Gasteiger partial charge on any atom is 0.255 e. The summed E-state index contributed by atoms with van der Waals surface area (Å²) in [5.74, 6) is -8.31. The zero-order valence-corrected chi connectivity index (χ0v) is 43.4. The number of nitrogens with zero attached hydrogens (tertiary/aromatic N) is 4. The van der Waals surface area contributed by atoms with Gasteiger partial charge in [0.1, 0.15) is 23.0 Å². The summed E-state index contributed by atoms with van der Waals surface area (Å²) >= 11 is 0. The first-order chi connectivity index (χ1) is 38.1. The fourth-order valence-electron chi connectivity index (χ4n) is 9.02. The van der Waals surface area contributed by atoms with Crippen molar-refractivity contribution in [3.05, 3.63) is 117 Å². The molecule has 4 aromatic rings. The van der Waals surface area contributed by atoms with E-state index in [1.165, 1.54) is 72.8 Å². The smallest absolute Gasteiger partial charge is 0.255 e. The van der Waals surface area contributed by atoms with E-state index in [1.807, 2.05) is 9.80 Å². The number of hydrogen-bond acceptors (Lipinski definition) is 17. The summed E-state index contributed by atoms with van der Waals surface area (Å²) in [4.78, 5) is 124. The van der Waals surface area contributed by atoms with E-state index in [-0.39, 0.29) is 161 Å². The van der Waals surface area contributed by atoms with Crippen molar-refractivity contribution < 1.29 is 58.8 Å². The molecule has 79 heavy (non-hydrogen) atoms. The summed E-state index contributed by atoms with van der Waals surface area (Å²) in [5, 5.41) is 67.7. The van der Waals surface area contributed by atoms with E-state index in [0.717, 1.165) is 0 Å². The lowest BCUT2D eigenvalue weighted by molar-refractivity contribution is 0.0915. The Morgan fingerprint density at radius 3 is 1.09 bits per heavy atom. The predicted octanol–water partition coefficient (Wildman–Crippen LogP) is -0.528. The van der Waals surface area contributed by atoms with Gasteiger partial charge in [-0.05, 0) is 74.3 Å². The highest BCUT2D eigenvalue weighted by atomic mass is 16.3. The number of aliphatic imine (C=N–C) groups is 2. The molecule has 5 heterocycles. The molecule has 9 rings (SSSR count). The molecule has 0 spiro atoms. The van der Waals surface area contributed by atoms with E-state index >= 15 is 0 Å². The Balaban J connectivity index is 1.36. The average Bonchev–Trinajstić information content (AvgIpc) is 3.44. The number of amides is 8. The quantitative estimate of drug-likeness (QED) is 0.114. The number of rotatable bonds is 4. The van der Waals surface area contributed by atoms with Gasteiger partial charge < -0.3 is 68.7 Å². The second-order valence-corrected chi connectivity index (χ2v) is 18.7. The zero-order chi connectivity index (χ0) is 56.4. The first kappa shape index (κ1) is 57.8. The Labute approximate surface area is 454 Å². The van der Waals surface area contributed by atoms with Crippen LogP contribution in [0.1, 0.15) is 102 Å². The minimum atomic E-state index is -0.958. The summed E-state index contributed by atoms with van der Waals surface area (Å²) < 4.78 is 0. The summed E-state index contributed by atoms with van der Waals surface area (Å²) in [6, 6.07) is 15.5. The first-order valence-corrected chi connectivity index (χ1v) is 25.9. The molecule has 5 aliphatic heterocycles. The number of carbonyl (C=O) groups is 8. The number of aromatic hydroxyl groups is 4. The Morgan fingerprint density at radius 1 is 0.418 bits per heavy atom. The lowest BCUT2D eigenvalue weighted by Gasteiger charge is -2.28. The number of benzene rings is 4. The molecule has 5 aliphatic rings. The van der Waals surface area contributed by atoms with E-state index in [1.54, 1.807) is 0 Å². The maximum atomic E-state index is 14.2. The number of nitrogens with one attached hydrogen (secondary N) is 8. The summed E-state index contributed by atoms with van der Waals surface area (Å²) in [6.45, 7) is 0.184. The molecular formula is C54H65N13O12. The molecule has 8 amide bonds.